The van der Waals surface area contributed by atoms with Crippen LogP contribution in [0.2, 0.25) is 0 Å². The zero-order valence-electron chi connectivity index (χ0n) is 8.63. The fraction of sp³-hybridized carbons (Fsp3) is 0.455. The van der Waals surface area contributed by atoms with Crippen LogP contribution >= 0.6 is 15.9 Å². The Bertz CT molecular complexity index is 340. The molecule has 1 aromatic carbocycles. The van der Waals surface area contributed by atoms with Gasteiger partial charge in [-0.25, -0.2) is 0 Å². The van der Waals surface area contributed by atoms with Gasteiger partial charge >= 0.3 is 0 Å². The van der Waals surface area contributed by atoms with Gasteiger partial charge in [0, 0.05) is 10.9 Å². The molecule has 0 bridgehead atoms. The minimum atomic E-state index is -0.0492. The van der Waals surface area contributed by atoms with Crippen molar-refractivity contribution in [1.82, 2.24) is 0 Å². The first-order valence-corrected chi connectivity index (χ1v) is 5.59. The maximum Gasteiger partial charge on any atom is 0.161 e. The third kappa shape index (κ3) is 2.21. The van der Waals surface area contributed by atoms with Crippen molar-refractivity contribution in [3.8, 4) is 11.5 Å². The number of rotatable bonds is 1. The molecule has 2 N–H and O–H groups in total. The smallest absolute Gasteiger partial charge is 0.161 e. The molecule has 0 spiro atoms. The van der Waals surface area contributed by atoms with Crippen LogP contribution in [0.4, 0.5) is 0 Å². The SMILES string of the molecule is CC(C)(C)c1cc(O)c(O)c(CBr)c1. The second kappa shape index (κ2) is 3.81. The largest absolute Gasteiger partial charge is 0.504 e. The minimum Gasteiger partial charge on any atom is -0.504 e. The standard InChI is InChI=1S/C11H15BrO2/c1-11(2,3)8-4-7(6-12)10(14)9(13)5-8/h4-5,13-14H,6H2,1-3H3. The fourth-order valence-corrected chi connectivity index (χ4v) is 1.64. The summed E-state index contributed by atoms with van der Waals surface area (Å²) < 4.78 is 0. The van der Waals surface area contributed by atoms with Gasteiger partial charge in [0.05, 0.1) is 0 Å². The lowest BCUT2D eigenvalue weighted by molar-refractivity contribution is 0.398. The number of halogens is 1. The van der Waals surface area contributed by atoms with Crippen molar-refractivity contribution in [1.29, 1.82) is 0 Å². The van der Waals surface area contributed by atoms with E-state index in [-0.39, 0.29) is 16.9 Å². The molecule has 78 valence electrons. The van der Waals surface area contributed by atoms with Gasteiger partial charge in [0.1, 0.15) is 0 Å². The number of benzene rings is 1. The first-order chi connectivity index (χ1) is 6.36. The Kier molecular flexibility index (Phi) is 3.10. The molecular weight excluding hydrogens is 244 g/mol. The summed E-state index contributed by atoms with van der Waals surface area (Å²) >= 11 is 3.27. The Balaban J connectivity index is 3.30. The highest BCUT2D eigenvalue weighted by atomic mass is 79.9. The second-order valence-corrected chi connectivity index (χ2v) is 4.95. The number of phenols is 2. The molecule has 0 unspecified atom stereocenters. The maximum atomic E-state index is 9.51. The van der Waals surface area contributed by atoms with E-state index in [0.29, 0.717) is 5.33 Å². The highest BCUT2D eigenvalue weighted by Gasteiger charge is 2.17. The monoisotopic (exact) mass is 258 g/mol. The second-order valence-electron chi connectivity index (χ2n) is 4.39. The van der Waals surface area contributed by atoms with Crippen molar-refractivity contribution in [2.75, 3.05) is 0 Å². The topological polar surface area (TPSA) is 40.5 Å². The van der Waals surface area contributed by atoms with Crippen molar-refractivity contribution in [2.45, 2.75) is 31.5 Å². The van der Waals surface area contributed by atoms with Crippen LogP contribution in [0.25, 0.3) is 0 Å². The Hall–Kier alpha value is -0.700. The van der Waals surface area contributed by atoms with Gasteiger partial charge in [-0.05, 0) is 17.0 Å². The molecule has 14 heavy (non-hydrogen) atoms. The third-order valence-corrected chi connectivity index (χ3v) is 2.78. The molecule has 0 saturated carbocycles. The van der Waals surface area contributed by atoms with Crippen LogP contribution in [0.5, 0.6) is 11.5 Å². The lowest BCUT2D eigenvalue weighted by Crippen LogP contribution is -2.11. The van der Waals surface area contributed by atoms with Crippen molar-refractivity contribution in [2.24, 2.45) is 0 Å². The Morgan fingerprint density at radius 2 is 1.79 bits per heavy atom. The zero-order chi connectivity index (χ0) is 10.9. The maximum absolute atomic E-state index is 9.51. The number of hydrogen-bond donors (Lipinski definition) is 2. The Labute approximate surface area is 92.7 Å². The molecule has 0 atom stereocenters. The average Bonchev–Trinajstić information content (AvgIpc) is 2.07. The van der Waals surface area contributed by atoms with Gasteiger partial charge in [-0.15, -0.1) is 0 Å². The quantitative estimate of drug-likeness (QED) is 0.600. The molecule has 0 heterocycles. The lowest BCUT2D eigenvalue weighted by Gasteiger charge is -2.20. The average molecular weight is 259 g/mol. The molecule has 0 saturated heterocycles. The number of alkyl halides is 1. The number of phenolic OH excluding ortho intramolecular Hbond substituents is 2. The number of hydrogen-bond acceptors (Lipinski definition) is 2. The van der Waals surface area contributed by atoms with E-state index < -0.39 is 0 Å². The summed E-state index contributed by atoms with van der Waals surface area (Å²) in [4.78, 5) is 0. The van der Waals surface area contributed by atoms with E-state index in [1.807, 2.05) is 6.07 Å². The Morgan fingerprint density at radius 1 is 1.21 bits per heavy atom. The van der Waals surface area contributed by atoms with Crippen LogP contribution < -0.4 is 0 Å². The summed E-state index contributed by atoms with van der Waals surface area (Å²) in [7, 11) is 0. The number of aromatic hydroxyl groups is 2. The summed E-state index contributed by atoms with van der Waals surface area (Å²) in [6, 6.07) is 3.52. The van der Waals surface area contributed by atoms with E-state index in [9.17, 15) is 10.2 Å². The van der Waals surface area contributed by atoms with Crippen LogP contribution in [0.3, 0.4) is 0 Å². The molecule has 1 rings (SSSR count). The lowest BCUT2D eigenvalue weighted by atomic mass is 9.86. The van der Waals surface area contributed by atoms with E-state index >= 15 is 0 Å². The highest BCUT2D eigenvalue weighted by Crippen LogP contribution is 2.35. The van der Waals surface area contributed by atoms with Gasteiger partial charge in [0.15, 0.2) is 11.5 Å². The normalized spacial score (nSPS) is 11.7. The van der Waals surface area contributed by atoms with Gasteiger partial charge in [-0.1, -0.05) is 42.8 Å². The van der Waals surface area contributed by atoms with Crippen LogP contribution in [-0.4, -0.2) is 10.2 Å². The molecule has 1 aromatic rings. The highest BCUT2D eigenvalue weighted by molar-refractivity contribution is 9.08. The zero-order valence-corrected chi connectivity index (χ0v) is 10.2. The summed E-state index contributed by atoms with van der Waals surface area (Å²) in [5.41, 5.74) is 1.71. The molecule has 2 nitrogen and oxygen atoms in total. The molecule has 0 aliphatic heterocycles. The van der Waals surface area contributed by atoms with E-state index in [1.54, 1.807) is 6.07 Å². The molecule has 3 heteroatoms. The van der Waals surface area contributed by atoms with Crippen molar-refractivity contribution in [3.63, 3.8) is 0 Å². The van der Waals surface area contributed by atoms with Gasteiger partial charge in [0.25, 0.3) is 0 Å². The minimum absolute atomic E-state index is 0.0257. The van der Waals surface area contributed by atoms with E-state index in [2.05, 4.69) is 36.7 Å². The molecule has 0 fully saturated rings. The molecule has 0 aliphatic rings. The van der Waals surface area contributed by atoms with Crippen molar-refractivity contribution in [3.05, 3.63) is 23.3 Å². The Morgan fingerprint density at radius 3 is 2.21 bits per heavy atom. The van der Waals surface area contributed by atoms with Crippen LogP contribution in [0.15, 0.2) is 12.1 Å². The molecule has 0 aromatic heterocycles. The van der Waals surface area contributed by atoms with Crippen LogP contribution in [0.1, 0.15) is 31.9 Å². The van der Waals surface area contributed by atoms with Crippen LogP contribution in [0, 0.1) is 0 Å². The van der Waals surface area contributed by atoms with Gasteiger partial charge in [-0.3, -0.25) is 0 Å². The molecule has 0 amide bonds. The third-order valence-electron chi connectivity index (χ3n) is 2.18. The predicted octanol–water partition coefficient (Wildman–Crippen LogP) is 3.29. The van der Waals surface area contributed by atoms with Crippen molar-refractivity contribution >= 4 is 15.9 Å². The first-order valence-electron chi connectivity index (χ1n) is 4.47. The summed E-state index contributed by atoms with van der Waals surface area (Å²) in [5, 5.41) is 19.6. The summed E-state index contributed by atoms with van der Waals surface area (Å²) in [6.07, 6.45) is 0. The molecule has 0 aliphatic carbocycles. The van der Waals surface area contributed by atoms with E-state index in [4.69, 9.17) is 0 Å². The summed E-state index contributed by atoms with van der Waals surface area (Å²) in [6.45, 7) is 6.20. The van der Waals surface area contributed by atoms with Crippen LogP contribution in [-0.2, 0) is 10.7 Å². The van der Waals surface area contributed by atoms with Gasteiger partial charge < -0.3 is 10.2 Å². The van der Waals surface area contributed by atoms with Gasteiger partial charge in [-0.2, -0.15) is 0 Å². The predicted molar refractivity (Wildman–Crippen MR) is 61.1 cm³/mol. The van der Waals surface area contributed by atoms with Gasteiger partial charge in [0.2, 0.25) is 0 Å². The molecule has 0 radical (unpaired) electrons. The molecular formula is C11H15BrO2. The summed E-state index contributed by atoms with van der Waals surface area (Å²) in [5.74, 6) is -0.0817. The van der Waals surface area contributed by atoms with Crippen molar-refractivity contribution < 1.29 is 10.2 Å². The fourth-order valence-electron chi connectivity index (χ4n) is 1.21. The van der Waals surface area contributed by atoms with E-state index in [0.717, 1.165) is 11.1 Å². The first kappa shape index (κ1) is 11.4. The van der Waals surface area contributed by atoms with E-state index in [1.165, 1.54) is 0 Å².